The minimum Gasteiger partial charge on any atom is -0.327 e. The van der Waals surface area contributed by atoms with Crippen molar-refractivity contribution in [3.8, 4) is 0 Å². The van der Waals surface area contributed by atoms with Crippen LogP contribution < -0.4 is 5.73 Å². The van der Waals surface area contributed by atoms with Gasteiger partial charge in [0.25, 0.3) is 0 Å². The van der Waals surface area contributed by atoms with Gasteiger partial charge < -0.3 is 5.73 Å². The standard InChI is InChI=1S/C17H34N2/c1-14(2)12-19(16-9-6-7-10-16)13-15-8-4-3-5-11-17(15)18/h14-17H,3-13,18H2,1-2H3. The second kappa shape index (κ2) is 7.64. The molecule has 0 radical (unpaired) electrons. The number of hydrogen-bond donors (Lipinski definition) is 1. The van der Waals surface area contributed by atoms with Crippen molar-refractivity contribution in [1.82, 2.24) is 4.90 Å². The van der Waals surface area contributed by atoms with Crippen molar-refractivity contribution in [3.05, 3.63) is 0 Å². The lowest BCUT2D eigenvalue weighted by Gasteiger charge is -2.35. The summed E-state index contributed by atoms with van der Waals surface area (Å²) in [6, 6.07) is 1.32. The van der Waals surface area contributed by atoms with E-state index in [9.17, 15) is 0 Å². The summed E-state index contributed by atoms with van der Waals surface area (Å²) >= 11 is 0. The SMILES string of the molecule is CC(C)CN(CC1CCCCCC1N)C1CCCC1. The molecule has 0 aromatic rings. The van der Waals surface area contributed by atoms with E-state index >= 15 is 0 Å². The second-order valence-electron chi connectivity index (χ2n) is 7.35. The molecule has 0 aromatic carbocycles. The molecule has 0 aromatic heterocycles. The first-order chi connectivity index (χ1) is 9.16. The normalized spacial score (nSPS) is 30.2. The molecular weight excluding hydrogens is 232 g/mol. The third kappa shape index (κ3) is 4.75. The van der Waals surface area contributed by atoms with Crippen LogP contribution in [-0.4, -0.2) is 30.1 Å². The summed E-state index contributed by atoms with van der Waals surface area (Å²) in [6.45, 7) is 7.25. The average molecular weight is 266 g/mol. The van der Waals surface area contributed by atoms with Crippen LogP contribution in [0.4, 0.5) is 0 Å². The molecule has 2 atom stereocenters. The molecular formula is C17H34N2. The Morgan fingerprint density at radius 2 is 1.58 bits per heavy atom. The molecule has 112 valence electrons. The zero-order valence-corrected chi connectivity index (χ0v) is 13.1. The molecule has 2 nitrogen and oxygen atoms in total. The highest BCUT2D eigenvalue weighted by Crippen LogP contribution is 2.28. The van der Waals surface area contributed by atoms with Crippen molar-refractivity contribution < 1.29 is 0 Å². The highest BCUT2D eigenvalue weighted by molar-refractivity contribution is 4.84. The zero-order chi connectivity index (χ0) is 13.7. The molecule has 0 heterocycles. The average Bonchev–Trinajstić information content (AvgIpc) is 2.81. The Kier molecular flexibility index (Phi) is 6.15. The molecule has 2 aliphatic rings. The van der Waals surface area contributed by atoms with Gasteiger partial charge in [-0.2, -0.15) is 0 Å². The Labute approximate surface area is 120 Å². The van der Waals surface area contributed by atoms with E-state index in [4.69, 9.17) is 5.73 Å². The molecule has 2 rings (SSSR count). The molecule has 19 heavy (non-hydrogen) atoms. The van der Waals surface area contributed by atoms with Gasteiger partial charge in [0.05, 0.1) is 0 Å². The van der Waals surface area contributed by atoms with Crippen molar-refractivity contribution in [3.63, 3.8) is 0 Å². The van der Waals surface area contributed by atoms with Crippen molar-refractivity contribution >= 4 is 0 Å². The number of hydrogen-bond acceptors (Lipinski definition) is 2. The van der Waals surface area contributed by atoms with Gasteiger partial charge in [-0.3, -0.25) is 4.90 Å². The van der Waals surface area contributed by atoms with Crippen molar-refractivity contribution in [2.75, 3.05) is 13.1 Å². The summed E-state index contributed by atoms with van der Waals surface area (Å²) in [6.07, 6.45) is 12.5. The molecule has 2 heteroatoms. The molecule has 2 saturated carbocycles. The van der Waals surface area contributed by atoms with Gasteiger partial charge >= 0.3 is 0 Å². The minimum atomic E-state index is 0.457. The maximum absolute atomic E-state index is 6.43. The Morgan fingerprint density at radius 1 is 0.947 bits per heavy atom. The maximum atomic E-state index is 6.43. The fourth-order valence-corrected chi connectivity index (χ4v) is 4.05. The van der Waals surface area contributed by atoms with Crippen LogP contribution in [0.25, 0.3) is 0 Å². The van der Waals surface area contributed by atoms with Crippen LogP contribution in [0.5, 0.6) is 0 Å². The molecule has 2 aliphatic carbocycles. The van der Waals surface area contributed by atoms with Crippen molar-refractivity contribution in [1.29, 1.82) is 0 Å². The van der Waals surface area contributed by atoms with Crippen LogP contribution >= 0.6 is 0 Å². The second-order valence-corrected chi connectivity index (χ2v) is 7.35. The lowest BCUT2D eigenvalue weighted by molar-refractivity contribution is 0.137. The first-order valence-electron chi connectivity index (χ1n) is 8.66. The fourth-order valence-electron chi connectivity index (χ4n) is 4.05. The van der Waals surface area contributed by atoms with E-state index in [-0.39, 0.29) is 0 Å². The van der Waals surface area contributed by atoms with Crippen molar-refractivity contribution in [2.24, 2.45) is 17.6 Å². The van der Waals surface area contributed by atoms with E-state index in [1.165, 1.54) is 70.9 Å². The predicted molar refractivity (Wildman–Crippen MR) is 83.2 cm³/mol. The summed E-state index contributed by atoms with van der Waals surface area (Å²) in [5.74, 6) is 1.53. The molecule has 0 bridgehead atoms. The summed E-state index contributed by atoms with van der Waals surface area (Å²) in [5, 5.41) is 0. The Hall–Kier alpha value is -0.0800. The quantitative estimate of drug-likeness (QED) is 0.767. The molecule has 2 fully saturated rings. The van der Waals surface area contributed by atoms with Gasteiger partial charge in [-0.1, -0.05) is 46.0 Å². The molecule has 2 N–H and O–H groups in total. The zero-order valence-electron chi connectivity index (χ0n) is 13.1. The Morgan fingerprint density at radius 3 is 2.26 bits per heavy atom. The van der Waals surface area contributed by atoms with Gasteiger partial charge in [-0.25, -0.2) is 0 Å². The smallest absolute Gasteiger partial charge is 0.00954 e. The highest BCUT2D eigenvalue weighted by Gasteiger charge is 2.28. The van der Waals surface area contributed by atoms with Gasteiger partial charge in [-0.05, 0) is 37.5 Å². The van der Waals surface area contributed by atoms with Crippen LogP contribution in [0.15, 0.2) is 0 Å². The van der Waals surface area contributed by atoms with Gasteiger partial charge in [0.2, 0.25) is 0 Å². The van der Waals surface area contributed by atoms with Crippen molar-refractivity contribution in [2.45, 2.75) is 83.7 Å². The van der Waals surface area contributed by atoms with E-state index < -0.39 is 0 Å². The molecule has 0 spiro atoms. The van der Waals surface area contributed by atoms with Crippen LogP contribution in [0.1, 0.15) is 71.6 Å². The first kappa shape index (κ1) is 15.3. The van der Waals surface area contributed by atoms with E-state index in [2.05, 4.69) is 18.7 Å². The molecule has 0 saturated heterocycles. The topological polar surface area (TPSA) is 29.3 Å². The van der Waals surface area contributed by atoms with Crippen LogP contribution in [0, 0.1) is 11.8 Å². The van der Waals surface area contributed by atoms with E-state index in [1.54, 1.807) is 0 Å². The summed E-state index contributed by atoms with van der Waals surface area (Å²) in [4.78, 5) is 2.80. The monoisotopic (exact) mass is 266 g/mol. The van der Waals surface area contributed by atoms with Gasteiger partial charge in [0.1, 0.15) is 0 Å². The first-order valence-corrected chi connectivity index (χ1v) is 8.66. The number of nitrogens with two attached hydrogens (primary N) is 1. The fraction of sp³-hybridized carbons (Fsp3) is 1.00. The largest absolute Gasteiger partial charge is 0.327 e. The summed E-state index contributed by atoms with van der Waals surface area (Å²) in [5.41, 5.74) is 6.43. The lowest BCUT2D eigenvalue weighted by atomic mass is 9.93. The van der Waals surface area contributed by atoms with E-state index in [0.29, 0.717) is 6.04 Å². The third-order valence-corrected chi connectivity index (χ3v) is 5.13. The number of rotatable bonds is 5. The van der Waals surface area contributed by atoms with Gasteiger partial charge in [-0.15, -0.1) is 0 Å². The third-order valence-electron chi connectivity index (χ3n) is 5.13. The highest BCUT2D eigenvalue weighted by atomic mass is 15.2. The van der Waals surface area contributed by atoms with Crippen LogP contribution in [0.3, 0.4) is 0 Å². The Balaban J connectivity index is 1.93. The minimum absolute atomic E-state index is 0.457. The molecule has 0 aliphatic heterocycles. The Bertz CT molecular complexity index is 246. The predicted octanol–water partition coefficient (Wildman–Crippen LogP) is 3.79. The maximum Gasteiger partial charge on any atom is 0.00954 e. The summed E-state index contributed by atoms with van der Waals surface area (Å²) in [7, 11) is 0. The van der Waals surface area contributed by atoms with E-state index in [0.717, 1.165) is 17.9 Å². The van der Waals surface area contributed by atoms with E-state index in [1.807, 2.05) is 0 Å². The lowest BCUT2D eigenvalue weighted by Crippen LogP contribution is -2.44. The van der Waals surface area contributed by atoms with Crippen LogP contribution in [-0.2, 0) is 0 Å². The van der Waals surface area contributed by atoms with Crippen LogP contribution in [0.2, 0.25) is 0 Å². The molecule has 0 amide bonds. The van der Waals surface area contributed by atoms with Gasteiger partial charge in [0, 0.05) is 25.2 Å². The van der Waals surface area contributed by atoms with Gasteiger partial charge in [0.15, 0.2) is 0 Å². The molecule has 2 unspecified atom stereocenters. The number of nitrogens with zero attached hydrogens (tertiary/aromatic N) is 1. The summed E-state index contributed by atoms with van der Waals surface area (Å²) < 4.78 is 0.